The second-order valence-corrected chi connectivity index (χ2v) is 6.82. The van der Waals surface area contributed by atoms with Gasteiger partial charge in [-0.1, -0.05) is 0 Å². The second-order valence-electron chi connectivity index (χ2n) is 6.82. The van der Waals surface area contributed by atoms with Crippen molar-refractivity contribution < 1.29 is 101 Å². The standard InChI is InChI=1S/C15F23/c16-2-1-3(17)5(8(20,21)11(26,27)14(33,34)35)6(9(22,23)12(28,29)15(36,37)38)4(2)7(18,19)10(24,25)13(30,31)32. The van der Waals surface area contributed by atoms with Crippen LogP contribution in [0.15, 0.2) is 0 Å². The Morgan fingerprint density at radius 1 is 0.316 bits per heavy atom. The second kappa shape index (κ2) is 8.55. The summed E-state index contributed by atoms with van der Waals surface area (Å²) in [6.45, 7) is 0. The molecule has 0 saturated heterocycles. The predicted octanol–water partition coefficient (Wildman–Crippen LogP) is 8.63. The van der Waals surface area contributed by atoms with Crippen molar-refractivity contribution in [1.29, 1.82) is 0 Å². The van der Waals surface area contributed by atoms with Gasteiger partial charge in [0.1, 0.15) is 11.6 Å². The number of halogens is 23. The molecule has 0 amide bonds. The topological polar surface area (TPSA) is 0 Å². The fraction of sp³-hybridized carbons (Fsp3) is 0.600. The lowest BCUT2D eigenvalue weighted by Gasteiger charge is -2.37. The number of hydrogen-bond donors (Lipinski definition) is 0. The van der Waals surface area contributed by atoms with Gasteiger partial charge >= 0.3 is 54.1 Å². The fourth-order valence-corrected chi connectivity index (χ4v) is 2.47. The smallest absolute Gasteiger partial charge is 0.206 e. The van der Waals surface area contributed by atoms with Crippen LogP contribution < -0.4 is 0 Å². The van der Waals surface area contributed by atoms with Crippen LogP contribution in [0, 0.1) is 17.7 Å². The minimum atomic E-state index is -8.39. The molecule has 0 atom stereocenters. The van der Waals surface area contributed by atoms with Crippen LogP contribution >= 0.6 is 0 Å². The summed E-state index contributed by atoms with van der Waals surface area (Å²) in [5.74, 6) is -57.9. The van der Waals surface area contributed by atoms with Crippen molar-refractivity contribution in [2.45, 2.75) is 54.1 Å². The SMILES string of the molecule is Fc1[c]c(F)c(C(F)(F)C(F)(F)C(F)(F)F)c(C(F)(F)C(F)(F)C(F)(F)F)c1C(F)(F)C(F)(F)C(F)(F)F. The molecule has 38 heavy (non-hydrogen) atoms. The van der Waals surface area contributed by atoms with Crippen LogP contribution in [0.4, 0.5) is 101 Å². The lowest BCUT2D eigenvalue weighted by atomic mass is 9.82. The molecule has 0 aromatic heterocycles. The summed E-state index contributed by atoms with van der Waals surface area (Å²) in [5.41, 5.74) is -15.6. The van der Waals surface area contributed by atoms with Crippen molar-refractivity contribution in [3.05, 3.63) is 34.4 Å². The molecule has 0 heterocycles. The van der Waals surface area contributed by atoms with Crippen LogP contribution in [0.5, 0.6) is 0 Å². The van der Waals surface area contributed by atoms with E-state index in [0.29, 0.717) is 0 Å². The van der Waals surface area contributed by atoms with Crippen molar-refractivity contribution in [2.24, 2.45) is 0 Å². The molecule has 0 bridgehead atoms. The summed E-state index contributed by atoms with van der Waals surface area (Å²) in [7, 11) is 0. The van der Waals surface area contributed by atoms with Gasteiger partial charge in [0.05, 0.1) is 22.8 Å². The molecular formula is C15F23. The number of alkyl halides is 21. The summed E-state index contributed by atoms with van der Waals surface area (Å²) in [4.78, 5) is 0. The maximum Gasteiger partial charge on any atom is 0.460 e. The first kappa shape index (κ1) is 33.6. The highest BCUT2D eigenvalue weighted by Crippen LogP contribution is 2.62. The monoisotopic (exact) mass is 617 g/mol. The average molecular weight is 617 g/mol. The summed E-state index contributed by atoms with van der Waals surface area (Å²) < 4.78 is 304. The number of rotatable bonds is 6. The fourth-order valence-electron chi connectivity index (χ4n) is 2.47. The number of hydrogen-bond acceptors (Lipinski definition) is 0. The van der Waals surface area contributed by atoms with Crippen LogP contribution in [0.25, 0.3) is 0 Å². The average Bonchev–Trinajstić information content (AvgIpc) is 2.63. The Morgan fingerprint density at radius 3 is 0.684 bits per heavy atom. The van der Waals surface area contributed by atoms with Gasteiger partial charge in [-0.05, 0) is 0 Å². The van der Waals surface area contributed by atoms with E-state index in [0.717, 1.165) is 0 Å². The van der Waals surface area contributed by atoms with Crippen molar-refractivity contribution in [3.8, 4) is 0 Å². The highest BCUT2D eigenvalue weighted by molar-refractivity contribution is 5.48. The molecule has 0 aliphatic heterocycles. The third-order valence-corrected chi connectivity index (χ3v) is 4.35. The molecule has 0 N–H and O–H groups in total. The van der Waals surface area contributed by atoms with Gasteiger partial charge in [0, 0.05) is 0 Å². The molecule has 23 heteroatoms. The van der Waals surface area contributed by atoms with E-state index in [1.807, 2.05) is 0 Å². The molecule has 1 rings (SSSR count). The highest BCUT2D eigenvalue weighted by Gasteiger charge is 2.82. The van der Waals surface area contributed by atoms with Gasteiger partial charge in [0.25, 0.3) is 0 Å². The van der Waals surface area contributed by atoms with Crippen molar-refractivity contribution in [3.63, 3.8) is 0 Å². The summed E-state index contributed by atoms with van der Waals surface area (Å²) in [5, 5.41) is 0. The Kier molecular flexibility index (Phi) is 7.57. The summed E-state index contributed by atoms with van der Waals surface area (Å²) >= 11 is 0. The van der Waals surface area contributed by atoms with Crippen LogP contribution in [0.1, 0.15) is 16.7 Å². The molecule has 0 aliphatic carbocycles. The maximum atomic E-state index is 14.2. The molecule has 0 fully saturated rings. The Morgan fingerprint density at radius 2 is 0.500 bits per heavy atom. The van der Waals surface area contributed by atoms with Crippen LogP contribution in [-0.2, 0) is 17.8 Å². The van der Waals surface area contributed by atoms with E-state index >= 15 is 0 Å². The predicted molar refractivity (Wildman–Crippen MR) is 69.9 cm³/mol. The normalized spacial score (nSPS) is 15.8. The van der Waals surface area contributed by atoms with E-state index in [-0.39, 0.29) is 0 Å². The van der Waals surface area contributed by atoms with E-state index in [4.69, 9.17) is 0 Å². The maximum absolute atomic E-state index is 14.2. The molecule has 0 spiro atoms. The van der Waals surface area contributed by atoms with Crippen LogP contribution in [0.2, 0.25) is 0 Å². The van der Waals surface area contributed by atoms with Crippen molar-refractivity contribution in [1.82, 2.24) is 0 Å². The van der Waals surface area contributed by atoms with E-state index in [1.165, 1.54) is 0 Å². The van der Waals surface area contributed by atoms with Gasteiger partial charge < -0.3 is 0 Å². The first-order valence-corrected chi connectivity index (χ1v) is 8.10. The van der Waals surface area contributed by atoms with E-state index in [9.17, 15) is 101 Å². The van der Waals surface area contributed by atoms with E-state index in [2.05, 4.69) is 0 Å². The summed E-state index contributed by atoms with van der Waals surface area (Å²) in [6.07, 6.45) is -23.8. The van der Waals surface area contributed by atoms with E-state index in [1.54, 1.807) is 0 Å². The summed E-state index contributed by atoms with van der Waals surface area (Å²) in [6, 6.07) is -0.585. The molecule has 0 unspecified atom stereocenters. The molecule has 0 aliphatic rings. The minimum Gasteiger partial charge on any atom is -0.206 e. The van der Waals surface area contributed by atoms with Gasteiger partial charge in [-0.2, -0.15) is 92.2 Å². The highest BCUT2D eigenvalue weighted by atomic mass is 19.4. The first-order valence-electron chi connectivity index (χ1n) is 8.10. The zero-order chi connectivity index (χ0) is 31.1. The van der Waals surface area contributed by atoms with Crippen LogP contribution in [-0.4, -0.2) is 36.3 Å². The minimum absolute atomic E-state index is 0.585. The third kappa shape index (κ3) is 4.45. The molecule has 221 valence electrons. The van der Waals surface area contributed by atoms with Crippen molar-refractivity contribution in [2.75, 3.05) is 0 Å². The third-order valence-electron chi connectivity index (χ3n) is 4.35. The molecular weight excluding hydrogens is 617 g/mol. The molecule has 0 saturated carbocycles. The number of benzene rings is 1. The Balaban J connectivity index is 4.68. The molecule has 1 radical (unpaired) electrons. The van der Waals surface area contributed by atoms with Gasteiger partial charge in [-0.3, -0.25) is 0 Å². The van der Waals surface area contributed by atoms with Crippen molar-refractivity contribution >= 4 is 0 Å². The molecule has 1 aromatic rings. The van der Waals surface area contributed by atoms with Gasteiger partial charge in [0.15, 0.2) is 0 Å². The van der Waals surface area contributed by atoms with E-state index < -0.39 is 88.5 Å². The Bertz CT molecular complexity index is 986. The Hall–Kier alpha value is -2.39. The first-order chi connectivity index (χ1) is 16.2. The van der Waals surface area contributed by atoms with Gasteiger partial charge in [-0.25, -0.2) is 8.78 Å². The van der Waals surface area contributed by atoms with Crippen LogP contribution in [0.3, 0.4) is 0 Å². The zero-order valence-electron chi connectivity index (χ0n) is 16.2. The lowest BCUT2D eigenvalue weighted by Crippen LogP contribution is -2.56. The largest absolute Gasteiger partial charge is 0.460 e. The lowest BCUT2D eigenvalue weighted by molar-refractivity contribution is -0.371. The molecule has 1 aromatic carbocycles. The zero-order valence-corrected chi connectivity index (χ0v) is 16.2. The quantitative estimate of drug-likeness (QED) is 0.281. The van der Waals surface area contributed by atoms with Gasteiger partial charge in [-0.15, -0.1) is 0 Å². The Labute approximate surface area is 191 Å². The molecule has 0 nitrogen and oxygen atoms in total. The van der Waals surface area contributed by atoms with Gasteiger partial charge in [0.2, 0.25) is 0 Å².